The third kappa shape index (κ3) is 7.27. The van der Waals surface area contributed by atoms with Crippen molar-refractivity contribution in [1.82, 2.24) is 5.32 Å². The molecular weight excluding hydrogens is 811 g/mol. The molecule has 3 aliphatic carbocycles. The molecule has 3 aromatic rings. The molecule has 2 aromatic carbocycles. The van der Waals surface area contributed by atoms with Gasteiger partial charge in [0.05, 0.1) is 29.6 Å². The van der Waals surface area contributed by atoms with E-state index in [1.807, 2.05) is 0 Å². The average Bonchev–Trinajstić information content (AvgIpc) is 3.76. The van der Waals surface area contributed by atoms with Crippen LogP contribution in [0.4, 0.5) is 0 Å². The molecule has 11 atom stereocenters. The van der Waals surface area contributed by atoms with Crippen molar-refractivity contribution in [3.05, 3.63) is 105 Å². The third-order valence-corrected chi connectivity index (χ3v) is 14.1. The molecule has 0 spiro atoms. The van der Waals surface area contributed by atoms with Crippen LogP contribution in [0.5, 0.6) is 0 Å². The van der Waals surface area contributed by atoms with Gasteiger partial charge in [0.1, 0.15) is 30.0 Å². The summed E-state index contributed by atoms with van der Waals surface area (Å²) in [6.45, 7) is 7.99. The molecule has 2 heterocycles. The number of esters is 4. The fourth-order valence-electron chi connectivity index (χ4n) is 9.95. The van der Waals surface area contributed by atoms with E-state index >= 15 is 4.79 Å². The molecule has 324 valence electrons. The highest BCUT2D eigenvalue weighted by atomic mass is 32.1. The van der Waals surface area contributed by atoms with Gasteiger partial charge in [-0.05, 0) is 60.7 Å². The van der Waals surface area contributed by atoms with Crippen molar-refractivity contribution in [1.29, 1.82) is 0 Å². The molecule has 7 rings (SSSR count). The lowest BCUT2D eigenvalue weighted by molar-refractivity contribution is -0.346. The largest absolute Gasteiger partial charge is 0.456 e. The summed E-state index contributed by atoms with van der Waals surface area (Å²) in [4.78, 5) is 83.6. The van der Waals surface area contributed by atoms with Gasteiger partial charge in [0.25, 0.3) is 5.91 Å². The van der Waals surface area contributed by atoms with Crippen LogP contribution in [0.1, 0.15) is 86.0 Å². The molecule has 1 aliphatic heterocycles. The molecule has 3 fully saturated rings. The van der Waals surface area contributed by atoms with E-state index in [9.17, 15) is 39.3 Å². The molecule has 16 heteroatoms. The zero-order valence-electron chi connectivity index (χ0n) is 34.5. The number of hydrogen-bond acceptors (Lipinski definition) is 15. The van der Waals surface area contributed by atoms with E-state index in [0.717, 1.165) is 13.8 Å². The van der Waals surface area contributed by atoms with Crippen LogP contribution in [0.2, 0.25) is 0 Å². The Hall–Kier alpha value is -5.26. The smallest absolute Gasteiger partial charge is 0.338 e. The fraction of sp³-hybridized carbons (Fsp3) is 0.467. The number of fused-ring (bicyclic) bond motifs is 5. The van der Waals surface area contributed by atoms with Crippen LogP contribution in [0.3, 0.4) is 0 Å². The summed E-state index contributed by atoms with van der Waals surface area (Å²) in [5, 5.41) is 41.8. The van der Waals surface area contributed by atoms with Crippen molar-refractivity contribution in [2.75, 3.05) is 6.61 Å². The van der Waals surface area contributed by atoms with E-state index in [2.05, 4.69) is 5.32 Å². The summed E-state index contributed by atoms with van der Waals surface area (Å²) in [7, 11) is 0. The number of aliphatic hydroxyl groups excluding tert-OH is 2. The summed E-state index contributed by atoms with van der Waals surface area (Å²) in [5.41, 5.74) is -7.33. The van der Waals surface area contributed by atoms with Crippen LogP contribution in [0.15, 0.2) is 89.3 Å². The second-order valence-electron chi connectivity index (χ2n) is 17.0. The van der Waals surface area contributed by atoms with E-state index in [1.165, 1.54) is 37.3 Å². The Kier molecular flexibility index (Phi) is 11.6. The minimum Gasteiger partial charge on any atom is -0.456 e. The molecule has 1 saturated heterocycles. The number of ketones is 1. The molecule has 1 aromatic heterocycles. The van der Waals surface area contributed by atoms with Gasteiger partial charge >= 0.3 is 23.9 Å². The van der Waals surface area contributed by atoms with Gasteiger partial charge in [0, 0.05) is 42.5 Å². The standard InChI is InChI=1S/C45H49NO14S/c1-23-28(58-41(54)34(50)33(29-18-13-19-61-29)46-39(52)26-14-9-7-10-15-26)21-45(55)38(59-40(53)27-16-11-8-12-17-27)36-43(6,30(49)20-31-44(36,22-56-31)60-25(3)48)37(51)35(57-24(2)47)32(23)42(45,4)5/h7-19,28,30-31,33-36,38,49-50,55H,20-22H2,1-6H3,(H,46,52)/t28?,30?,31?,33?,34?,35?,36?,38?,43-,44+,45?/m1/s1. The first kappa shape index (κ1) is 43.8. The van der Waals surface area contributed by atoms with Gasteiger partial charge in [-0.25, -0.2) is 9.59 Å². The minimum atomic E-state index is -2.38. The average molecular weight is 860 g/mol. The monoisotopic (exact) mass is 859 g/mol. The summed E-state index contributed by atoms with van der Waals surface area (Å²) < 4.78 is 30.2. The number of carbonyl (C=O) groups is 6. The second kappa shape index (κ2) is 16.2. The molecule has 4 aliphatic rings. The first-order valence-corrected chi connectivity index (χ1v) is 20.8. The van der Waals surface area contributed by atoms with E-state index in [-0.39, 0.29) is 35.3 Å². The number of aliphatic hydroxyl groups is 3. The maximum Gasteiger partial charge on any atom is 0.338 e. The number of benzene rings is 2. The number of nitrogens with one attached hydrogen (secondary N) is 1. The van der Waals surface area contributed by atoms with Crippen molar-refractivity contribution < 1.29 is 67.8 Å². The lowest BCUT2D eigenvalue weighted by atomic mass is 9.44. The summed E-state index contributed by atoms with van der Waals surface area (Å²) >= 11 is 1.18. The van der Waals surface area contributed by atoms with Gasteiger partial charge in [-0.15, -0.1) is 11.3 Å². The molecule has 0 radical (unpaired) electrons. The zero-order chi connectivity index (χ0) is 44.2. The molecule has 9 unspecified atom stereocenters. The Labute approximate surface area is 356 Å². The lowest BCUT2D eigenvalue weighted by Gasteiger charge is -2.67. The van der Waals surface area contributed by atoms with Crippen LogP contribution >= 0.6 is 11.3 Å². The highest BCUT2D eigenvalue weighted by molar-refractivity contribution is 7.10. The number of ether oxygens (including phenoxy) is 5. The van der Waals surface area contributed by atoms with E-state index in [4.69, 9.17) is 23.7 Å². The highest BCUT2D eigenvalue weighted by Gasteiger charge is 2.78. The SMILES string of the molecule is CC(=O)OC1C(=O)[C@]2(C)C(O)CC3OC[C@@]3(OC(C)=O)C2C(OC(=O)c2ccccc2)C2(O)CC(OC(=O)C(O)C(NC(=O)c3ccccc3)c3cccs3)C(C)=C1C2(C)C. The lowest BCUT2D eigenvalue weighted by Crippen LogP contribution is -2.82. The summed E-state index contributed by atoms with van der Waals surface area (Å²) in [6.07, 6.45) is -10.4. The number of amides is 1. The Morgan fingerprint density at radius 2 is 1.52 bits per heavy atom. The van der Waals surface area contributed by atoms with Crippen molar-refractivity contribution >= 4 is 46.9 Å². The molecule has 4 N–H and O–H groups in total. The predicted molar refractivity (Wildman–Crippen MR) is 216 cm³/mol. The van der Waals surface area contributed by atoms with Crippen molar-refractivity contribution in [2.45, 2.75) is 108 Å². The van der Waals surface area contributed by atoms with E-state index in [1.54, 1.807) is 79.9 Å². The Morgan fingerprint density at radius 3 is 2.08 bits per heavy atom. The van der Waals surface area contributed by atoms with Crippen LogP contribution < -0.4 is 5.32 Å². The van der Waals surface area contributed by atoms with Crippen LogP contribution in [-0.4, -0.2) is 105 Å². The van der Waals surface area contributed by atoms with Gasteiger partial charge in [0.15, 0.2) is 23.6 Å². The zero-order valence-corrected chi connectivity index (χ0v) is 35.3. The fourth-order valence-corrected chi connectivity index (χ4v) is 10.8. The molecule has 2 saturated carbocycles. The van der Waals surface area contributed by atoms with Crippen LogP contribution in [0, 0.1) is 16.7 Å². The number of rotatable bonds is 10. The number of Topliss-reactive ketones (excluding diaryl/α,β-unsaturated/α-hetero) is 1. The maximum absolute atomic E-state index is 15.5. The van der Waals surface area contributed by atoms with Crippen molar-refractivity contribution in [3.8, 4) is 0 Å². The number of thiophene rings is 1. The summed E-state index contributed by atoms with van der Waals surface area (Å²) in [5.74, 6) is -6.80. The molecule has 15 nitrogen and oxygen atoms in total. The first-order chi connectivity index (χ1) is 28.8. The third-order valence-electron chi connectivity index (χ3n) is 13.2. The quantitative estimate of drug-likeness (QED) is 0.130. The number of carbonyl (C=O) groups excluding carboxylic acids is 6. The van der Waals surface area contributed by atoms with Gasteiger partial charge in [0.2, 0.25) is 0 Å². The maximum atomic E-state index is 15.5. The van der Waals surface area contributed by atoms with Gasteiger partial charge in [-0.1, -0.05) is 56.3 Å². The summed E-state index contributed by atoms with van der Waals surface area (Å²) in [6, 6.07) is 18.0. The van der Waals surface area contributed by atoms with Gasteiger partial charge in [-0.3, -0.25) is 19.2 Å². The van der Waals surface area contributed by atoms with Crippen LogP contribution in [0.25, 0.3) is 0 Å². The predicted octanol–water partition coefficient (Wildman–Crippen LogP) is 3.80. The van der Waals surface area contributed by atoms with E-state index < -0.39 is 113 Å². The Morgan fingerprint density at radius 1 is 0.885 bits per heavy atom. The Balaban J connectivity index is 1.38. The molecule has 61 heavy (non-hydrogen) atoms. The Bertz CT molecular complexity index is 2240. The topological polar surface area (TPSA) is 221 Å². The van der Waals surface area contributed by atoms with Crippen molar-refractivity contribution in [3.63, 3.8) is 0 Å². The second-order valence-corrected chi connectivity index (χ2v) is 17.9. The first-order valence-electron chi connectivity index (χ1n) is 20.0. The normalized spacial score (nSPS) is 32.2. The van der Waals surface area contributed by atoms with E-state index in [0.29, 0.717) is 4.88 Å². The van der Waals surface area contributed by atoms with Gasteiger partial charge in [-0.2, -0.15) is 0 Å². The van der Waals surface area contributed by atoms with Gasteiger partial charge < -0.3 is 44.3 Å². The highest BCUT2D eigenvalue weighted by Crippen LogP contribution is 2.64. The van der Waals surface area contributed by atoms with Crippen LogP contribution in [-0.2, 0) is 42.9 Å². The molecular formula is C45H49NO14S. The van der Waals surface area contributed by atoms with Crippen molar-refractivity contribution in [2.24, 2.45) is 16.7 Å². The number of hydrogen-bond donors (Lipinski definition) is 4. The minimum absolute atomic E-state index is 0.00193. The molecule has 1 amide bonds. The molecule has 2 bridgehead atoms.